The van der Waals surface area contributed by atoms with Crippen LogP contribution in [-0.2, 0) is 4.57 Å². The zero-order valence-corrected chi connectivity index (χ0v) is 19.0. The molecule has 0 aliphatic heterocycles. The van der Waals surface area contributed by atoms with E-state index in [1.165, 1.54) is 29.9 Å². The van der Waals surface area contributed by atoms with E-state index >= 15 is 0 Å². The van der Waals surface area contributed by atoms with Crippen molar-refractivity contribution in [2.45, 2.75) is 65.2 Å². The third kappa shape index (κ3) is 5.17. The van der Waals surface area contributed by atoms with Gasteiger partial charge < -0.3 is 14.8 Å². The van der Waals surface area contributed by atoms with Gasteiger partial charge in [-0.05, 0) is 86.3 Å². The molecule has 31 heavy (non-hydrogen) atoms. The molecule has 2 aromatic carbocycles. The van der Waals surface area contributed by atoms with Crippen LogP contribution in [0.25, 0.3) is 0 Å². The third-order valence-electron chi connectivity index (χ3n) is 6.20. The first-order chi connectivity index (χ1) is 14.7. The highest BCUT2D eigenvalue weighted by Gasteiger charge is 2.27. The summed E-state index contributed by atoms with van der Waals surface area (Å²) in [5.74, 6) is -1.15. The Bertz CT molecular complexity index is 967. The van der Waals surface area contributed by atoms with Gasteiger partial charge in [0.15, 0.2) is 11.6 Å². The molecule has 0 radical (unpaired) electrons. The van der Waals surface area contributed by atoms with E-state index < -0.39 is 19.2 Å². The van der Waals surface area contributed by atoms with Crippen molar-refractivity contribution < 1.29 is 28.2 Å². The van der Waals surface area contributed by atoms with E-state index in [-0.39, 0.29) is 22.7 Å². The number of ether oxygens (including phenoxy) is 1. The molecule has 8 heteroatoms. The number of aryl methyl sites for hydroxylation is 2. The summed E-state index contributed by atoms with van der Waals surface area (Å²) in [4.78, 5) is 9.75. The Hall–Kier alpha value is -1.79. The lowest BCUT2D eigenvalue weighted by Gasteiger charge is -2.29. The molecule has 3 rings (SSSR count). The van der Waals surface area contributed by atoms with E-state index in [1.807, 2.05) is 0 Å². The van der Waals surface area contributed by atoms with Crippen LogP contribution in [0, 0.1) is 31.4 Å². The van der Waals surface area contributed by atoms with Crippen molar-refractivity contribution in [3.8, 4) is 11.5 Å². The highest BCUT2D eigenvalue weighted by atomic mass is 31.2. The van der Waals surface area contributed by atoms with Crippen molar-refractivity contribution >= 4 is 12.8 Å². The van der Waals surface area contributed by atoms with Crippen LogP contribution in [0.5, 0.6) is 11.5 Å². The van der Waals surface area contributed by atoms with E-state index in [2.05, 4.69) is 6.92 Å². The van der Waals surface area contributed by atoms with Crippen molar-refractivity contribution in [3.63, 3.8) is 0 Å². The maximum Gasteiger partial charge on any atom is 0.319 e. The molecule has 0 bridgehead atoms. The molecule has 5 nitrogen and oxygen atoms in total. The first kappa shape index (κ1) is 23.9. The largest absolute Gasteiger partial charge is 0.454 e. The van der Waals surface area contributed by atoms with Crippen molar-refractivity contribution in [2.75, 3.05) is 0 Å². The Balaban J connectivity index is 1.83. The highest BCUT2D eigenvalue weighted by molar-refractivity contribution is 7.63. The van der Waals surface area contributed by atoms with E-state index in [4.69, 9.17) is 9.94 Å². The lowest BCUT2D eigenvalue weighted by atomic mass is 9.77. The van der Waals surface area contributed by atoms with Crippen LogP contribution >= 0.6 is 7.52 Å². The van der Waals surface area contributed by atoms with Gasteiger partial charge in [-0.2, -0.15) is 4.39 Å². The second-order valence-corrected chi connectivity index (χ2v) is 10.3. The lowest BCUT2D eigenvalue weighted by molar-refractivity contribution is 0.226. The molecule has 170 valence electrons. The van der Waals surface area contributed by atoms with Crippen LogP contribution in [0.15, 0.2) is 24.3 Å². The molecule has 0 aromatic heterocycles. The fraction of sp³-hybridized carbons (Fsp3) is 0.478. The SMILES string of the molecule is CCCC1CCC(c2ccc(Oc3c(C)cc(P(=O)(O)NO)cc3C)c(F)c2F)CC1. The Morgan fingerprint density at radius 1 is 1.10 bits per heavy atom. The Labute approximate surface area is 181 Å². The number of hydrogen-bond donors (Lipinski definition) is 3. The van der Waals surface area contributed by atoms with Gasteiger partial charge in [-0.15, -0.1) is 5.25 Å². The quantitative estimate of drug-likeness (QED) is 0.342. The van der Waals surface area contributed by atoms with Gasteiger partial charge in [-0.3, -0.25) is 4.57 Å². The molecule has 0 saturated heterocycles. The smallest absolute Gasteiger partial charge is 0.319 e. The van der Waals surface area contributed by atoms with Crippen LogP contribution in [0.2, 0.25) is 0 Å². The predicted molar refractivity (Wildman–Crippen MR) is 116 cm³/mol. The molecule has 1 atom stereocenters. The Kier molecular flexibility index (Phi) is 7.53. The number of nitrogens with one attached hydrogen (secondary N) is 1. The maximum absolute atomic E-state index is 14.9. The molecule has 1 aliphatic carbocycles. The van der Waals surface area contributed by atoms with Gasteiger partial charge in [-0.1, -0.05) is 25.8 Å². The predicted octanol–water partition coefficient (Wildman–Crippen LogP) is 6.24. The van der Waals surface area contributed by atoms with E-state index in [0.717, 1.165) is 32.1 Å². The van der Waals surface area contributed by atoms with Gasteiger partial charge in [0.25, 0.3) is 0 Å². The molecular formula is C23H30F2NO4P. The summed E-state index contributed by atoms with van der Waals surface area (Å²) in [5, 5.41) is 10.3. The van der Waals surface area contributed by atoms with Crippen LogP contribution in [0.4, 0.5) is 8.78 Å². The Morgan fingerprint density at radius 3 is 2.26 bits per heavy atom. The summed E-state index contributed by atoms with van der Waals surface area (Å²) >= 11 is 0. The average molecular weight is 453 g/mol. The number of halogens is 2. The summed E-state index contributed by atoms with van der Waals surface area (Å²) in [7, 11) is -4.11. The molecule has 1 unspecified atom stereocenters. The van der Waals surface area contributed by atoms with Gasteiger partial charge in [-0.25, -0.2) is 4.39 Å². The summed E-state index contributed by atoms with van der Waals surface area (Å²) in [6.07, 6.45) is 6.15. The standard InChI is InChI=1S/C23H30F2NO4P/c1-4-5-16-6-8-17(9-7-16)19-10-11-20(22(25)21(19)24)30-23-14(2)12-18(13-15(23)3)31(28,29)26-27/h10-13,16-17,27H,4-9H2,1-3H3,(H2,26,28,29). The second-order valence-electron chi connectivity index (χ2n) is 8.47. The van der Waals surface area contributed by atoms with Crippen molar-refractivity contribution in [1.82, 2.24) is 5.25 Å². The summed E-state index contributed by atoms with van der Waals surface area (Å²) in [6, 6.07) is 5.79. The first-order valence-corrected chi connectivity index (χ1v) is 12.4. The van der Waals surface area contributed by atoms with Gasteiger partial charge >= 0.3 is 7.52 Å². The molecule has 2 aromatic rings. The monoisotopic (exact) mass is 453 g/mol. The van der Waals surface area contributed by atoms with Gasteiger partial charge in [0, 0.05) is 0 Å². The maximum atomic E-state index is 14.9. The molecule has 3 N–H and O–H groups in total. The van der Waals surface area contributed by atoms with Gasteiger partial charge in [0.1, 0.15) is 5.75 Å². The second kappa shape index (κ2) is 9.78. The topological polar surface area (TPSA) is 78.8 Å². The van der Waals surface area contributed by atoms with Crippen LogP contribution < -0.4 is 15.3 Å². The van der Waals surface area contributed by atoms with Crippen LogP contribution in [0.1, 0.15) is 68.1 Å². The molecule has 1 fully saturated rings. The minimum atomic E-state index is -4.11. The van der Waals surface area contributed by atoms with Crippen LogP contribution in [-0.4, -0.2) is 10.1 Å². The normalized spacial score (nSPS) is 21.0. The third-order valence-corrected chi connectivity index (χ3v) is 7.43. The molecule has 1 aliphatic rings. The molecule has 0 amide bonds. The van der Waals surface area contributed by atoms with Crippen molar-refractivity contribution in [3.05, 3.63) is 52.6 Å². The van der Waals surface area contributed by atoms with E-state index in [0.29, 0.717) is 22.6 Å². The summed E-state index contributed by atoms with van der Waals surface area (Å²) in [5.41, 5.74) is 1.31. The average Bonchev–Trinajstić information content (AvgIpc) is 2.74. The van der Waals surface area contributed by atoms with Crippen molar-refractivity contribution in [2.24, 2.45) is 5.92 Å². The molecular weight excluding hydrogens is 423 g/mol. The van der Waals surface area contributed by atoms with Gasteiger partial charge in [0.05, 0.1) is 5.30 Å². The Morgan fingerprint density at radius 2 is 1.71 bits per heavy atom. The highest BCUT2D eigenvalue weighted by Crippen LogP contribution is 2.41. The summed E-state index contributed by atoms with van der Waals surface area (Å²) in [6.45, 7) is 5.42. The summed E-state index contributed by atoms with van der Waals surface area (Å²) < 4.78 is 47.4. The number of rotatable bonds is 7. The molecule has 0 spiro atoms. The van der Waals surface area contributed by atoms with Crippen molar-refractivity contribution in [1.29, 1.82) is 0 Å². The fourth-order valence-corrected chi connectivity index (χ4v) is 5.40. The number of hydrogen-bond acceptors (Lipinski definition) is 3. The fourth-order valence-electron chi connectivity index (χ4n) is 4.54. The molecule has 1 saturated carbocycles. The number of benzene rings is 2. The zero-order valence-electron chi connectivity index (χ0n) is 18.1. The van der Waals surface area contributed by atoms with Gasteiger partial charge in [0.2, 0.25) is 5.82 Å². The van der Waals surface area contributed by atoms with E-state index in [9.17, 15) is 18.2 Å². The van der Waals surface area contributed by atoms with Crippen LogP contribution in [0.3, 0.4) is 0 Å². The van der Waals surface area contributed by atoms with E-state index in [1.54, 1.807) is 19.9 Å². The minimum absolute atomic E-state index is 0.0157. The minimum Gasteiger partial charge on any atom is -0.454 e. The first-order valence-electron chi connectivity index (χ1n) is 10.7. The lowest BCUT2D eigenvalue weighted by Crippen LogP contribution is -2.17. The molecule has 0 heterocycles. The zero-order chi connectivity index (χ0) is 22.8.